The molecular formula is C35H36N2O2. The first-order chi connectivity index (χ1) is 19.0. The lowest BCUT2D eigenvalue weighted by Gasteiger charge is -2.37. The van der Waals surface area contributed by atoms with Crippen LogP contribution in [0.25, 0.3) is 16.3 Å². The number of anilines is 2. The Morgan fingerprint density at radius 3 is 2.36 bits per heavy atom. The van der Waals surface area contributed by atoms with Crippen molar-refractivity contribution in [3.63, 3.8) is 0 Å². The zero-order valence-corrected chi connectivity index (χ0v) is 23.0. The minimum Gasteiger partial charge on any atom is -0.494 e. The van der Waals surface area contributed by atoms with Gasteiger partial charge in [-0.05, 0) is 76.6 Å². The molecule has 0 saturated heterocycles. The second kappa shape index (κ2) is 10.6. The molecule has 0 spiro atoms. The number of rotatable bonds is 7. The first-order valence-electron chi connectivity index (χ1n) is 14.1. The molecule has 0 saturated carbocycles. The van der Waals surface area contributed by atoms with Crippen molar-refractivity contribution in [1.82, 2.24) is 0 Å². The van der Waals surface area contributed by atoms with Crippen LogP contribution in [-0.4, -0.2) is 26.5 Å². The smallest absolute Gasteiger partial charge is 0.162 e. The second-order valence-corrected chi connectivity index (χ2v) is 11.0. The number of nitrogens with one attached hydrogen (secondary N) is 1. The van der Waals surface area contributed by atoms with Crippen molar-refractivity contribution in [2.45, 2.75) is 44.6 Å². The van der Waals surface area contributed by atoms with Gasteiger partial charge in [0.25, 0.3) is 0 Å². The van der Waals surface area contributed by atoms with Gasteiger partial charge in [-0.3, -0.25) is 4.79 Å². The van der Waals surface area contributed by atoms with Crippen molar-refractivity contribution in [3.8, 4) is 5.75 Å². The fourth-order valence-electron chi connectivity index (χ4n) is 6.07. The van der Waals surface area contributed by atoms with E-state index >= 15 is 0 Å². The Hall–Kier alpha value is -4.05. The highest BCUT2D eigenvalue weighted by atomic mass is 16.5. The van der Waals surface area contributed by atoms with Gasteiger partial charge in [0.2, 0.25) is 0 Å². The van der Waals surface area contributed by atoms with Gasteiger partial charge in [-0.2, -0.15) is 0 Å². The van der Waals surface area contributed by atoms with Crippen molar-refractivity contribution >= 4 is 33.5 Å². The minimum absolute atomic E-state index is 0.141. The van der Waals surface area contributed by atoms with Gasteiger partial charge in [0.1, 0.15) is 5.75 Å². The highest BCUT2D eigenvalue weighted by molar-refractivity contribution is 6.13. The molecule has 1 aliphatic carbocycles. The van der Waals surface area contributed by atoms with Crippen molar-refractivity contribution in [2.75, 3.05) is 30.9 Å². The zero-order valence-electron chi connectivity index (χ0n) is 23.0. The molecule has 1 N–H and O–H groups in total. The molecule has 4 aromatic carbocycles. The molecule has 1 aliphatic heterocycles. The van der Waals surface area contributed by atoms with Crippen molar-refractivity contribution in [3.05, 3.63) is 107 Å². The van der Waals surface area contributed by atoms with Gasteiger partial charge in [0.05, 0.1) is 12.6 Å². The van der Waals surface area contributed by atoms with Crippen LogP contribution in [0, 0.1) is 0 Å². The van der Waals surface area contributed by atoms with Crippen LogP contribution in [-0.2, 0) is 4.79 Å². The number of carbonyl (C=O) groups is 1. The first-order valence-corrected chi connectivity index (χ1v) is 14.1. The molecule has 0 amide bonds. The lowest BCUT2D eigenvalue weighted by Crippen LogP contribution is -2.29. The molecular weight excluding hydrogens is 480 g/mol. The molecule has 6 rings (SSSR count). The summed E-state index contributed by atoms with van der Waals surface area (Å²) in [6.07, 6.45) is 3.52. The topological polar surface area (TPSA) is 41.6 Å². The molecule has 198 valence electrons. The number of carbonyl (C=O) groups excluding carboxylic acids is 1. The number of nitrogens with zero attached hydrogens (tertiary/aromatic N) is 1. The number of ether oxygens (including phenoxy) is 1. The molecule has 4 nitrogen and oxygen atoms in total. The fraction of sp³-hybridized carbons (Fsp3) is 0.286. The van der Waals surface area contributed by atoms with E-state index in [0.29, 0.717) is 6.42 Å². The summed E-state index contributed by atoms with van der Waals surface area (Å²) < 4.78 is 5.89. The predicted molar refractivity (Wildman–Crippen MR) is 162 cm³/mol. The van der Waals surface area contributed by atoms with Gasteiger partial charge < -0.3 is 15.0 Å². The maximum atomic E-state index is 14.0. The number of benzene rings is 4. The Balaban J connectivity index is 1.42. The fourth-order valence-corrected chi connectivity index (χ4v) is 6.07. The number of hydrogen-bond donors (Lipinski definition) is 1. The summed E-state index contributed by atoms with van der Waals surface area (Å²) >= 11 is 0. The largest absolute Gasteiger partial charge is 0.494 e. The number of unbranched alkanes of at least 4 members (excludes halogenated alkanes) is 1. The zero-order chi connectivity index (χ0) is 26.9. The molecule has 0 unspecified atom stereocenters. The van der Waals surface area contributed by atoms with E-state index in [9.17, 15) is 4.79 Å². The Kier molecular flexibility index (Phi) is 6.86. The van der Waals surface area contributed by atoms with Crippen molar-refractivity contribution in [2.24, 2.45) is 0 Å². The van der Waals surface area contributed by atoms with Crippen LogP contribution in [0.2, 0.25) is 0 Å². The van der Waals surface area contributed by atoms with Gasteiger partial charge in [0.15, 0.2) is 5.78 Å². The van der Waals surface area contributed by atoms with Crippen molar-refractivity contribution in [1.29, 1.82) is 0 Å². The summed E-state index contributed by atoms with van der Waals surface area (Å²) in [6, 6.07) is 29.7. The van der Waals surface area contributed by atoms with Gasteiger partial charge in [-0.1, -0.05) is 67.9 Å². The summed E-state index contributed by atoms with van der Waals surface area (Å²) in [5, 5.41) is 6.16. The number of allylic oxidation sites excluding steroid dienone is 1. The Bertz CT molecular complexity index is 1530. The molecule has 2 aliphatic rings. The van der Waals surface area contributed by atoms with E-state index in [4.69, 9.17) is 4.74 Å². The lowest BCUT2D eigenvalue weighted by molar-refractivity contribution is -0.116. The molecule has 4 heteroatoms. The van der Waals surface area contributed by atoms with Gasteiger partial charge in [0, 0.05) is 43.0 Å². The molecule has 0 aromatic heterocycles. The third-order valence-electron chi connectivity index (χ3n) is 8.19. The second-order valence-electron chi connectivity index (χ2n) is 11.0. The van der Waals surface area contributed by atoms with E-state index in [1.165, 1.54) is 27.5 Å². The van der Waals surface area contributed by atoms with Crippen LogP contribution in [0.5, 0.6) is 5.75 Å². The average molecular weight is 517 g/mol. The van der Waals surface area contributed by atoms with E-state index < -0.39 is 0 Å². The highest BCUT2D eigenvalue weighted by Crippen LogP contribution is 2.51. The van der Waals surface area contributed by atoms with Crippen LogP contribution in [0.1, 0.15) is 61.3 Å². The summed E-state index contributed by atoms with van der Waals surface area (Å²) in [5.74, 6) is 1.27. The Morgan fingerprint density at radius 1 is 0.872 bits per heavy atom. The first kappa shape index (κ1) is 25.2. The maximum Gasteiger partial charge on any atom is 0.162 e. The van der Waals surface area contributed by atoms with Crippen LogP contribution in [0.15, 0.2) is 90.5 Å². The monoisotopic (exact) mass is 516 g/mol. The van der Waals surface area contributed by atoms with Gasteiger partial charge in [-0.15, -0.1) is 0 Å². The summed E-state index contributed by atoms with van der Waals surface area (Å²) in [6.45, 7) is 2.91. The lowest BCUT2D eigenvalue weighted by atomic mass is 9.71. The molecule has 1 heterocycles. The number of ketones is 1. The van der Waals surface area contributed by atoms with E-state index in [1.54, 1.807) is 0 Å². The molecule has 0 radical (unpaired) electrons. The molecule has 0 fully saturated rings. The number of Topliss-reactive ketones (excluding diaryl/α,β-unsaturated/α-hetero) is 1. The SMILES string of the molecule is CCCCOc1ccc([C@@H]2CC(=O)C3=C(C2)c2c(ccc4ccccc24)N[C@H]3c2ccc(N(C)C)cc2)cc1. The van der Waals surface area contributed by atoms with Crippen LogP contribution in [0.3, 0.4) is 0 Å². The summed E-state index contributed by atoms with van der Waals surface area (Å²) in [7, 11) is 4.09. The minimum atomic E-state index is -0.160. The number of fused-ring (bicyclic) bond motifs is 4. The van der Waals surface area contributed by atoms with Crippen LogP contribution in [0.4, 0.5) is 11.4 Å². The molecule has 4 aromatic rings. The average Bonchev–Trinajstić information content (AvgIpc) is 2.97. The maximum absolute atomic E-state index is 14.0. The van der Waals surface area contributed by atoms with E-state index in [0.717, 1.165) is 54.1 Å². The van der Waals surface area contributed by atoms with Crippen LogP contribution >= 0.6 is 0 Å². The number of hydrogen-bond acceptors (Lipinski definition) is 4. The van der Waals surface area contributed by atoms with Crippen LogP contribution < -0.4 is 15.0 Å². The summed E-state index contributed by atoms with van der Waals surface area (Å²) in [4.78, 5) is 16.1. The van der Waals surface area contributed by atoms with Crippen molar-refractivity contribution < 1.29 is 9.53 Å². The molecule has 0 bridgehead atoms. The Morgan fingerprint density at radius 2 is 1.62 bits per heavy atom. The highest BCUT2D eigenvalue weighted by Gasteiger charge is 2.38. The van der Waals surface area contributed by atoms with E-state index in [-0.39, 0.29) is 17.7 Å². The van der Waals surface area contributed by atoms with E-state index in [2.05, 4.69) is 102 Å². The van der Waals surface area contributed by atoms with Gasteiger partial charge in [-0.25, -0.2) is 0 Å². The van der Waals surface area contributed by atoms with E-state index in [1.807, 2.05) is 14.1 Å². The normalized spacial score (nSPS) is 18.4. The predicted octanol–water partition coefficient (Wildman–Crippen LogP) is 8.15. The Labute approximate surface area is 231 Å². The molecule has 39 heavy (non-hydrogen) atoms. The standard InChI is InChI=1S/C35H36N2O2/c1-4-5-20-39-28-17-12-23(13-18-28)26-21-30-33-29-9-7-6-8-24(29)14-19-31(33)36-35(34(30)32(38)22-26)25-10-15-27(16-11-25)37(2)3/h6-19,26,35-36H,4-5,20-22H2,1-3H3/t26-,35-/m0/s1. The molecule has 2 atom stereocenters. The summed E-state index contributed by atoms with van der Waals surface area (Å²) in [5.41, 5.74) is 7.85. The quantitative estimate of drug-likeness (QED) is 0.252. The van der Waals surface area contributed by atoms with Gasteiger partial charge >= 0.3 is 0 Å². The third kappa shape index (κ3) is 4.80. The third-order valence-corrected chi connectivity index (χ3v) is 8.19.